The minimum Gasteiger partial charge on any atom is -0.453 e. The second kappa shape index (κ2) is 11.3. The Morgan fingerprint density at radius 2 is 1.57 bits per heavy atom. The van der Waals surface area contributed by atoms with Gasteiger partial charge in [-0.15, -0.1) is 0 Å². The maximum Gasteiger partial charge on any atom is 1.00 e. The van der Waals surface area contributed by atoms with E-state index in [1.54, 1.807) is 6.07 Å². The maximum absolute atomic E-state index is 12.5. The molecule has 1 fully saturated rings. The van der Waals surface area contributed by atoms with Gasteiger partial charge in [-0.1, -0.05) is 18.2 Å². The van der Waals surface area contributed by atoms with Crippen molar-refractivity contribution in [2.75, 3.05) is 13.7 Å². The summed E-state index contributed by atoms with van der Waals surface area (Å²) in [6.45, 7) is -0.405. The van der Waals surface area contributed by atoms with Gasteiger partial charge in [-0.25, -0.2) is 13.2 Å². The number of ether oxygens (including phenoxy) is 3. The second-order valence-corrected chi connectivity index (χ2v) is 7.82. The molecule has 13 nitrogen and oxygen atoms in total. The minimum absolute atomic E-state index is 0. The zero-order valence-electron chi connectivity index (χ0n) is 15.9. The Bertz CT molecular complexity index is 862. The standard InChI is InChI=1S/C14H19NO12S2.Na/c1-23-14-12(27-29(20,21)22)11(25-13(16)8-5-3-2-4-6-8)10(9(7-15)24-14)26-28(17,18)19;/h2-6,9-12,14H,7,15H2,1H3,(H,17,18,19)(H,20,21,22);/q;+1/t9-,10-,11+,12+,14+;/m1./s1. The van der Waals surface area contributed by atoms with Crippen LogP contribution in [-0.4, -0.2) is 76.3 Å². The molecule has 0 amide bonds. The number of hydrogen-bond acceptors (Lipinski definition) is 11. The normalized spacial score (nSPS) is 27.1. The molecule has 4 N–H and O–H groups in total. The van der Waals surface area contributed by atoms with E-state index in [1.807, 2.05) is 0 Å². The van der Waals surface area contributed by atoms with Crippen LogP contribution >= 0.6 is 0 Å². The molecule has 5 atom stereocenters. The maximum atomic E-state index is 12.5. The van der Waals surface area contributed by atoms with Crippen LogP contribution < -0.4 is 35.3 Å². The molecule has 1 aliphatic heterocycles. The van der Waals surface area contributed by atoms with E-state index in [0.29, 0.717) is 0 Å². The quantitative estimate of drug-likeness (QED) is 0.185. The number of benzene rings is 1. The summed E-state index contributed by atoms with van der Waals surface area (Å²) in [6.07, 6.45) is -8.49. The molecule has 0 radical (unpaired) electrons. The molecular formula is C14H19NNaO12S2+. The number of rotatable bonds is 8. The van der Waals surface area contributed by atoms with Gasteiger partial charge in [0.25, 0.3) is 0 Å². The first-order chi connectivity index (χ1) is 13.4. The zero-order valence-corrected chi connectivity index (χ0v) is 19.5. The minimum atomic E-state index is -5.14. The van der Waals surface area contributed by atoms with Gasteiger partial charge >= 0.3 is 56.3 Å². The van der Waals surface area contributed by atoms with Crippen molar-refractivity contribution in [2.45, 2.75) is 30.7 Å². The summed E-state index contributed by atoms with van der Waals surface area (Å²) in [5.74, 6) is -1.02. The molecule has 30 heavy (non-hydrogen) atoms. The van der Waals surface area contributed by atoms with Crippen molar-refractivity contribution in [1.29, 1.82) is 0 Å². The summed E-state index contributed by atoms with van der Waals surface area (Å²) >= 11 is 0. The van der Waals surface area contributed by atoms with Crippen LogP contribution in [0.4, 0.5) is 0 Å². The van der Waals surface area contributed by atoms with Crippen LogP contribution in [0, 0.1) is 0 Å². The molecule has 0 aliphatic carbocycles. The van der Waals surface area contributed by atoms with Crippen molar-refractivity contribution < 1.29 is 82.9 Å². The number of carbonyl (C=O) groups is 1. The fraction of sp³-hybridized carbons (Fsp3) is 0.500. The summed E-state index contributed by atoms with van der Waals surface area (Å²) < 4.78 is 87.6. The molecule has 0 bridgehead atoms. The molecule has 0 spiro atoms. The van der Waals surface area contributed by atoms with E-state index in [1.165, 1.54) is 24.3 Å². The average molecular weight is 480 g/mol. The average Bonchev–Trinajstić information content (AvgIpc) is 2.63. The van der Waals surface area contributed by atoms with Crippen LogP contribution in [0.25, 0.3) is 0 Å². The van der Waals surface area contributed by atoms with Crippen molar-refractivity contribution in [3.8, 4) is 0 Å². The molecular weight excluding hydrogens is 461 g/mol. The molecule has 1 aliphatic rings. The molecule has 0 aromatic heterocycles. The number of esters is 1. The fourth-order valence-corrected chi connectivity index (χ4v) is 3.65. The van der Waals surface area contributed by atoms with Crippen LogP contribution in [0.2, 0.25) is 0 Å². The Hall–Kier alpha value is -0.690. The number of methoxy groups -OCH3 is 1. The van der Waals surface area contributed by atoms with Gasteiger partial charge in [-0.3, -0.25) is 9.11 Å². The molecule has 0 unspecified atom stereocenters. The van der Waals surface area contributed by atoms with Crippen molar-refractivity contribution in [2.24, 2.45) is 5.73 Å². The Labute approximate surface area is 195 Å². The van der Waals surface area contributed by atoms with Crippen molar-refractivity contribution in [3.63, 3.8) is 0 Å². The SMILES string of the molecule is CO[C@H]1O[C@H](CN)[C@@H](OS(=O)(=O)O)[C@H](OC(=O)c2ccccc2)[C@@H]1OS(=O)(=O)O.[Na+]. The van der Waals surface area contributed by atoms with Crippen molar-refractivity contribution >= 4 is 26.8 Å². The summed E-state index contributed by atoms with van der Waals surface area (Å²) in [6, 6.07) is 7.38. The van der Waals surface area contributed by atoms with Crippen LogP contribution in [0.15, 0.2) is 30.3 Å². The third-order valence-corrected chi connectivity index (χ3v) is 4.70. The largest absolute Gasteiger partial charge is 1.00 e. The molecule has 164 valence electrons. The first-order valence-electron chi connectivity index (χ1n) is 7.91. The molecule has 2 rings (SSSR count). The van der Waals surface area contributed by atoms with Gasteiger partial charge < -0.3 is 19.9 Å². The van der Waals surface area contributed by atoms with Gasteiger partial charge in [0, 0.05) is 13.7 Å². The Morgan fingerprint density at radius 1 is 1.03 bits per heavy atom. The zero-order chi connectivity index (χ0) is 21.8. The van der Waals surface area contributed by atoms with E-state index in [9.17, 15) is 21.6 Å². The fourth-order valence-electron chi connectivity index (χ4n) is 2.66. The van der Waals surface area contributed by atoms with E-state index in [4.69, 9.17) is 29.0 Å². The van der Waals surface area contributed by atoms with Crippen molar-refractivity contribution in [1.82, 2.24) is 0 Å². The van der Waals surface area contributed by atoms with Crippen LogP contribution in [0.1, 0.15) is 10.4 Å². The van der Waals surface area contributed by atoms with E-state index in [2.05, 4.69) is 8.37 Å². The van der Waals surface area contributed by atoms with Crippen LogP contribution in [0.5, 0.6) is 0 Å². The van der Waals surface area contributed by atoms with Crippen molar-refractivity contribution in [3.05, 3.63) is 35.9 Å². The topological polar surface area (TPSA) is 198 Å². The number of nitrogens with two attached hydrogens (primary N) is 1. The van der Waals surface area contributed by atoms with Gasteiger partial charge in [0.1, 0.15) is 12.2 Å². The number of carbonyl (C=O) groups excluding carboxylic acids is 1. The Balaban J connectivity index is 0.00000450. The van der Waals surface area contributed by atoms with Gasteiger partial charge in [-0.05, 0) is 12.1 Å². The first-order valence-corrected chi connectivity index (χ1v) is 10.6. The third kappa shape index (κ3) is 7.77. The van der Waals surface area contributed by atoms with E-state index in [-0.39, 0.29) is 35.1 Å². The van der Waals surface area contributed by atoms with Gasteiger partial charge in [0.05, 0.1) is 5.56 Å². The monoisotopic (exact) mass is 480 g/mol. The summed E-state index contributed by atoms with van der Waals surface area (Å²) in [5, 5.41) is 0. The van der Waals surface area contributed by atoms with Crippen LogP contribution in [-0.2, 0) is 43.4 Å². The van der Waals surface area contributed by atoms with E-state index in [0.717, 1.165) is 7.11 Å². The predicted octanol–water partition coefficient (Wildman–Crippen LogP) is -4.08. The van der Waals surface area contributed by atoms with Gasteiger partial charge in [-0.2, -0.15) is 16.8 Å². The van der Waals surface area contributed by atoms with E-state index >= 15 is 0 Å². The first kappa shape index (κ1) is 27.3. The molecule has 16 heteroatoms. The predicted molar refractivity (Wildman–Crippen MR) is 93.2 cm³/mol. The summed E-state index contributed by atoms with van der Waals surface area (Å²) in [7, 11) is -9.19. The molecule has 1 aromatic carbocycles. The Morgan fingerprint density at radius 3 is 2.03 bits per heavy atom. The third-order valence-electron chi connectivity index (χ3n) is 3.77. The van der Waals surface area contributed by atoms with Gasteiger partial charge in [0.15, 0.2) is 18.5 Å². The summed E-state index contributed by atoms with van der Waals surface area (Å²) in [5.41, 5.74) is 5.54. The van der Waals surface area contributed by atoms with E-state index < -0.39 is 64.0 Å². The Kier molecular flexibility index (Phi) is 10.3. The van der Waals surface area contributed by atoms with Gasteiger partial charge in [0.2, 0.25) is 0 Å². The molecule has 1 aromatic rings. The van der Waals surface area contributed by atoms with Crippen LogP contribution in [0.3, 0.4) is 0 Å². The number of hydrogen-bond donors (Lipinski definition) is 3. The molecule has 1 saturated heterocycles. The second-order valence-electron chi connectivity index (χ2n) is 5.73. The smallest absolute Gasteiger partial charge is 0.453 e. The molecule has 1 heterocycles. The summed E-state index contributed by atoms with van der Waals surface area (Å²) in [4.78, 5) is 12.5. The molecule has 0 saturated carbocycles.